The van der Waals surface area contributed by atoms with Gasteiger partial charge in [0.1, 0.15) is 18.1 Å². The van der Waals surface area contributed by atoms with Gasteiger partial charge in [-0.05, 0) is 6.42 Å². The Morgan fingerprint density at radius 1 is 1.10 bits per heavy atom. The number of aromatic nitrogens is 2. The number of nitrogens with zero attached hydrogens (tertiary/aromatic N) is 1. The minimum absolute atomic E-state index is 0.0378. The average Bonchev–Trinajstić information content (AvgIpc) is 3.20. The van der Waals surface area contributed by atoms with Gasteiger partial charge in [-0.15, -0.1) is 0 Å². The third-order valence-electron chi connectivity index (χ3n) is 3.93. The number of imidazole rings is 1. The van der Waals surface area contributed by atoms with E-state index in [1.807, 2.05) is 0 Å². The van der Waals surface area contributed by atoms with Crippen LogP contribution in [0.5, 0.6) is 0 Å². The van der Waals surface area contributed by atoms with E-state index in [0.717, 1.165) is 0 Å². The molecule has 14 heteroatoms. The van der Waals surface area contributed by atoms with Crippen molar-refractivity contribution in [2.75, 3.05) is 12.3 Å². The molecule has 9 N–H and O–H groups in total. The minimum atomic E-state index is -1.39. The van der Waals surface area contributed by atoms with Crippen LogP contribution in [-0.4, -0.2) is 75.1 Å². The summed E-state index contributed by atoms with van der Waals surface area (Å²) >= 11 is 4.01. The quantitative estimate of drug-likeness (QED) is 0.143. The summed E-state index contributed by atoms with van der Waals surface area (Å²) in [6.07, 6.45) is 2.30. The fraction of sp³-hybridized carbons (Fsp3) is 0.500. The smallest absolute Gasteiger partial charge is 0.326 e. The number of amides is 4. The van der Waals surface area contributed by atoms with Crippen LogP contribution in [0.25, 0.3) is 0 Å². The Kier molecular flexibility index (Phi) is 10.3. The molecule has 0 bridgehead atoms. The zero-order valence-electron chi connectivity index (χ0n) is 16.0. The van der Waals surface area contributed by atoms with Crippen LogP contribution in [0, 0.1) is 0 Å². The van der Waals surface area contributed by atoms with Crippen LogP contribution in [0.3, 0.4) is 0 Å². The Morgan fingerprint density at radius 2 is 1.73 bits per heavy atom. The van der Waals surface area contributed by atoms with E-state index in [1.54, 1.807) is 0 Å². The molecular formula is C16H25N7O6S. The van der Waals surface area contributed by atoms with Gasteiger partial charge in [0.2, 0.25) is 23.6 Å². The van der Waals surface area contributed by atoms with Crippen molar-refractivity contribution in [3.63, 3.8) is 0 Å². The molecule has 1 rings (SSSR count). The van der Waals surface area contributed by atoms with Gasteiger partial charge < -0.3 is 37.5 Å². The maximum Gasteiger partial charge on any atom is 0.326 e. The Morgan fingerprint density at radius 3 is 2.23 bits per heavy atom. The van der Waals surface area contributed by atoms with E-state index >= 15 is 0 Å². The molecule has 1 aromatic heterocycles. The lowest BCUT2D eigenvalue weighted by molar-refractivity contribution is -0.142. The lowest BCUT2D eigenvalue weighted by atomic mass is 10.1. The van der Waals surface area contributed by atoms with Gasteiger partial charge in [-0.25, -0.2) is 9.78 Å². The van der Waals surface area contributed by atoms with Gasteiger partial charge in [0.05, 0.1) is 12.9 Å². The van der Waals surface area contributed by atoms with Crippen molar-refractivity contribution in [3.05, 3.63) is 18.2 Å². The van der Waals surface area contributed by atoms with E-state index in [2.05, 4.69) is 38.5 Å². The number of aromatic amines is 1. The lowest BCUT2D eigenvalue weighted by Gasteiger charge is -2.23. The molecule has 4 amide bonds. The normalized spacial score (nSPS) is 13.5. The number of nitrogens with two attached hydrogens (primary N) is 2. The molecule has 0 saturated heterocycles. The number of H-pyrrole nitrogens is 1. The third kappa shape index (κ3) is 8.48. The number of aliphatic carboxylic acids is 1. The molecule has 0 aromatic carbocycles. The minimum Gasteiger partial charge on any atom is -0.480 e. The van der Waals surface area contributed by atoms with Crippen molar-refractivity contribution >= 4 is 42.2 Å². The highest BCUT2D eigenvalue weighted by molar-refractivity contribution is 7.80. The van der Waals surface area contributed by atoms with Crippen molar-refractivity contribution in [3.8, 4) is 0 Å². The van der Waals surface area contributed by atoms with Gasteiger partial charge in [-0.1, -0.05) is 0 Å². The van der Waals surface area contributed by atoms with E-state index < -0.39 is 47.7 Å². The third-order valence-corrected chi connectivity index (χ3v) is 4.29. The highest BCUT2D eigenvalue weighted by atomic mass is 32.1. The lowest BCUT2D eigenvalue weighted by Crippen LogP contribution is -2.57. The number of carboxylic acid groups (broad SMARTS) is 1. The van der Waals surface area contributed by atoms with Crippen LogP contribution in [-0.2, 0) is 30.4 Å². The summed E-state index contributed by atoms with van der Waals surface area (Å²) < 4.78 is 0. The Labute approximate surface area is 177 Å². The maximum atomic E-state index is 12.7. The number of primary amides is 1. The van der Waals surface area contributed by atoms with Crippen LogP contribution in [0.2, 0.25) is 0 Å². The first-order chi connectivity index (χ1) is 14.2. The number of nitrogens with one attached hydrogen (secondary N) is 4. The molecule has 1 heterocycles. The van der Waals surface area contributed by atoms with Crippen LogP contribution >= 0.6 is 12.6 Å². The fourth-order valence-electron chi connectivity index (χ4n) is 2.36. The highest BCUT2D eigenvalue weighted by Gasteiger charge is 2.29. The molecule has 166 valence electrons. The average molecular weight is 443 g/mol. The molecule has 0 fully saturated rings. The molecule has 3 unspecified atom stereocenters. The number of rotatable bonds is 13. The Balaban J connectivity index is 2.93. The second-order valence-corrected chi connectivity index (χ2v) is 6.62. The summed E-state index contributed by atoms with van der Waals surface area (Å²) in [5.41, 5.74) is 10.7. The van der Waals surface area contributed by atoms with E-state index in [-0.39, 0.29) is 31.6 Å². The summed E-state index contributed by atoms with van der Waals surface area (Å²) in [4.78, 5) is 65.6. The monoisotopic (exact) mass is 443 g/mol. The van der Waals surface area contributed by atoms with Gasteiger partial charge in [-0.2, -0.15) is 12.6 Å². The predicted molar refractivity (Wildman–Crippen MR) is 107 cm³/mol. The van der Waals surface area contributed by atoms with Crippen LogP contribution in [0.15, 0.2) is 12.5 Å². The van der Waals surface area contributed by atoms with Crippen LogP contribution < -0.4 is 27.4 Å². The molecule has 3 atom stereocenters. The second-order valence-electron chi connectivity index (χ2n) is 6.25. The molecule has 30 heavy (non-hydrogen) atoms. The largest absolute Gasteiger partial charge is 0.480 e. The zero-order valence-corrected chi connectivity index (χ0v) is 16.9. The SMILES string of the molecule is NCC(=O)NC(CS)C(=O)NC(Cc1cnc[nH]1)C(=O)NC(CCC(N)=O)C(=O)O. The van der Waals surface area contributed by atoms with E-state index in [0.29, 0.717) is 5.69 Å². The van der Waals surface area contributed by atoms with Crippen molar-refractivity contribution in [2.24, 2.45) is 11.5 Å². The first-order valence-corrected chi connectivity index (χ1v) is 9.50. The van der Waals surface area contributed by atoms with Crippen molar-refractivity contribution in [1.82, 2.24) is 25.9 Å². The van der Waals surface area contributed by atoms with Crippen molar-refractivity contribution < 1.29 is 29.1 Å². The predicted octanol–water partition coefficient (Wildman–Crippen LogP) is -3.35. The number of carbonyl (C=O) groups is 5. The number of hydrogen-bond donors (Lipinski definition) is 8. The summed E-state index contributed by atoms with van der Waals surface area (Å²) in [5, 5.41) is 16.4. The molecule has 0 saturated carbocycles. The number of carbonyl (C=O) groups excluding carboxylic acids is 4. The fourth-order valence-corrected chi connectivity index (χ4v) is 2.62. The zero-order chi connectivity index (χ0) is 22.7. The molecular weight excluding hydrogens is 418 g/mol. The molecule has 0 aliphatic carbocycles. The first-order valence-electron chi connectivity index (χ1n) is 8.87. The second kappa shape index (κ2) is 12.4. The first kappa shape index (κ1) is 24.9. The Hall–Kier alpha value is -3.13. The topological polar surface area (TPSA) is 222 Å². The van der Waals surface area contributed by atoms with E-state index in [4.69, 9.17) is 11.5 Å². The Bertz CT molecular complexity index is 757. The molecule has 0 spiro atoms. The van der Waals surface area contributed by atoms with Crippen LogP contribution in [0.1, 0.15) is 18.5 Å². The molecule has 13 nitrogen and oxygen atoms in total. The number of thiol groups is 1. The van der Waals surface area contributed by atoms with Crippen molar-refractivity contribution in [2.45, 2.75) is 37.4 Å². The summed E-state index contributed by atoms with van der Waals surface area (Å²) in [7, 11) is 0. The standard InChI is InChI=1S/C16H25N7O6S/c17-4-13(25)21-11(6-30)15(27)23-10(3-8-5-19-7-20-8)14(26)22-9(16(28)29)1-2-12(18)24/h5,7,9-11,30H,1-4,6,17H2,(H2,18,24)(H,19,20)(H,21,25)(H,22,26)(H,23,27)(H,28,29). The number of hydrogen-bond acceptors (Lipinski definition) is 8. The molecule has 0 radical (unpaired) electrons. The van der Waals surface area contributed by atoms with Gasteiger partial charge in [0, 0.05) is 30.5 Å². The van der Waals surface area contributed by atoms with Gasteiger partial charge in [0.25, 0.3) is 0 Å². The number of carboxylic acids is 1. The van der Waals surface area contributed by atoms with Crippen LogP contribution in [0.4, 0.5) is 0 Å². The highest BCUT2D eigenvalue weighted by Crippen LogP contribution is 2.04. The van der Waals surface area contributed by atoms with Crippen molar-refractivity contribution in [1.29, 1.82) is 0 Å². The summed E-state index contributed by atoms with van der Waals surface area (Å²) in [6.45, 7) is -0.338. The summed E-state index contributed by atoms with van der Waals surface area (Å²) in [5.74, 6) is -4.25. The molecule has 1 aromatic rings. The van der Waals surface area contributed by atoms with Gasteiger partial charge in [0.15, 0.2) is 0 Å². The molecule has 0 aliphatic rings. The van der Waals surface area contributed by atoms with Gasteiger partial charge in [-0.3, -0.25) is 19.2 Å². The summed E-state index contributed by atoms with van der Waals surface area (Å²) in [6, 6.07) is -3.65. The van der Waals surface area contributed by atoms with Gasteiger partial charge >= 0.3 is 5.97 Å². The van der Waals surface area contributed by atoms with E-state index in [1.165, 1.54) is 12.5 Å². The van der Waals surface area contributed by atoms with E-state index in [9.17, 15) is 29.1 Å². The molecule has 0 aliphatic heterocycles. The maximum absolute atomic E-state index is 12.7.